The van der Waals surface area contributed by atoms with Crippen LogP contribution in [0.15, 0.2) is 58.1 Å². The van der Waals surface area contributed by atoms with Gasteiger partial charge in [0.2, 0.25) is 0 Å². The Morgan fingerprint density at radius 2 is 2.06 bits per heavy atom. The Balaban J connectivity index is 4.19. The number of nitrogens with zero attached hydrogens (tertiary/aromatic N) is 2. The van der Waals surface area contributed by atoms with Gasteiger partial charge in [-0.15, -0.1) is 0 Å². The molecule has 18 heavy (non-hydrogen) atoms. The van der Waals surface area contributed by atoms with Crippen molar-refractivity contribution in [2.24, 2.45) is 9.98 Å². The fraction of sp³-hybridized carbons (Fsp3) is 0.375. The molecule has 0 heterocycles. The van der Waals surface area contributed by atoms with Crippen molar-refractivity contribution in [3.8, 4) is 0 Å². The van der Waals surface area contributed by atoms with E-state index in [9.17, 15) is 0 Å². The van der Waals surface area contributed by atoms with E-state index in [4.69, 9.17) is 0 Å². The van der Waals surface area contributed by atoms with Crippen LogP contribution in [0.25, 0.3) is 0 Å². The maximum Gasteiger partial charge on any atom is 0.0511 e. The summed E-state index contributed by atoms with van der Waals surface area (Å²) in [5.41, 5.74) is 2.21. The molecule has 98 valence electrons. The summed E-state index contributed by atoms with van der Waals surface area (Å²) in [7, 11) is 1.77. The van der Waals surface area contributed by atoms with Crippen molar-refractivity contribution >= 4 is 12.4 Å². The highest BCUT2D eigenvalue weighted by Crippen LogP contribution is 2.07. The van der Waals surface area contributed by atoms with Crippen molar-refractivity contribution in [3.05, 3.63) is 48.1 Å². The minimum absolute atomic E-state index is 0.264. The second-order valence-corrected chi connectivity index (χ2v) is 4.19. The molecule has 0 aliphatic carbocycles. The zero-order valence-corrected chi connectivity index (χ0v) is 11.9. The molecular formula is C16H24N2. The Bertz CT molecular complexity index is 382. The predicted octanol–water partition coefficient (Wildman–Crippen LogP) is 4.17. The molecule has 0 aromatic heterocycles. The van der Waals surface area contributed by atoms with Gasteiger partial charge in [-0.25, -0.2) is 0 Å². The summed E-state index contributed by atoms with van der Waals surface area (Å²) in [6, 6.07) is 0.264. The summed E-state index contributed by atoms with van der Waals surface area (Å²) in [6.45, 7) is 10.1. The lowest BCUT2D eigenvalue weighted by Gasteiger charge is -2.04. The van der Waals surface area contributed by atoms with Gasteiger partial charge >= 0.3 is 0 Å². The molecule has 0 spiro atoms. The number of rotatable bonds is 7. The minimum Gasteiger partial charge on any atom is -0.296 e. The van der Waals surface area contributed by atoms with Gasteiger partial charge in [-0.1, -0.05) is 36.5 Å². The molecule has 2 nitrogen and oxygen atoms in total. The Morgan fingerprint density at radius 3 is 2.67 bits per heavy atom. The van der Waals surface area contributed by atoms with Crippen LogP contribution in [0.1, 0.15) is 27.2 Å². The molecule has 0 bridgehead atoms. The summed E-state index contributed by atoms with van der Waals surface area (Å²) in [4.78, 5) is 8.33. The highest BCUT2D eigenvalue weighted by Gasteiger charge is 1.97. The van der Waals surface area contributed by atoms with Crippen LogP contribution in [0.5, 0.6) is 0 Å². The van der Waals surface area contributed by atoms with E-state index in [1.54, 1.807) is 7.05 Å². The van der Waals surface area contributed by atoms with Gasteiger partial charge in [0.15, 0.2) is 0 Å². The number of aliphatic imine (C=N–C) groups is 2. The largest absolute Gasteiger partial charge is 0.296 e. The van der Waals surface area contributed by atoms with Crippen LogP contribution in [0.4, 0.5) is 0 Å². The molecule has 0 N–H and O–H groups in total. The zero-order valence-electron chi connectivity index (χ0n) is 11.9. The third kappa shape index (κ3) is 9.52. The number of hydrogen-bond acceptors (Lipinski definition) is 2. The van der Waals surface area contributed by atoms with E-state index >= 15 is 0 Å². The van der Waals surface area contributed by atoms with Crippen molar-refractivity contribution in [1.29, 1.82) is 0 Å². The Labute approximate surface area is 111 Å². The first-order valence-electron chi connectivity index (χ1n) is 6.19. The van der Waals surface area contributed by atoms with Gasteiger partial charge in [0.25, 0.3) is 0 Å². The van der Waals surface area contributed by atoms with Crippen LogP contribution >= 0.6 is 0 Å². The third-order valence-corrected chi connectivity index (χ3v) is 2.20. The maximum atomic E-state index is 4.38. The molecule has 0 rings (SSSR count). The molecule has 0 aliphatic heterocycles. The molecule has 0 aromatic rings. The van der Waals surface area contributed by atoms with Crippen molar-refractivity contribution in [2.75, 3.05) is 7.05 Å². The van der Waals surface area contributed by atoms with E-state index in [0.717, 1.165) is 17.6 Å². The summed E-state index contributed by atoms with van der Waals surface area (Å²) >= 11 is 0. The fourth-order valence-electron chi connectivity index (χ4n) is 1.37. The lowest BCUT2D eigenvalue weighted by atomic mass is 10.1. The van der Waals surface area contributed by atoms with E-state index < -0.39 is 0 Å². The lowest BCUT2D eigenvalue weighted by molar-refractivity contribution is 0.749. The molecule has 1 unspecified atom stereocenters. The first kappa shape index (κ1) is 16.3. The van der Waals surface area contributed by atoms with Crippen molar-refractivity contribution in [1.82, 2.24) is 0 Å². The molecule has 0 amide bonds. The second-order valence-electron chi connectivity index (χ2n) is 4.19. The van der Waals surface area contributed by atoms with Crippen LogP contribution in [-0.2, 0) is 0 Å². The standard InChI is InChI=1S/C16H24N2/c1-6-7-11-18-16(4)12-14(2)9-8-10-15(3)13-17-5/h6-11,13,16H,2,12H2,1,3-5H3/b7-6-,9-8+,15-10-,17-13?,18-11?. The van der Waals surface area contributed by atoms with Gasteiger partial charge in [0, 0.05) is 19.5 Å². The van der Waals surface area contributed by atoms with E-state index in [-0.39, 0.29) is 6.04 Å². The molecule has 0 aromatic carbocycles. The van der Waals surface area contributed by atoms with E-state index in [2.05, 4.69) is 23.5 Å². The molecule has 0 saturated heterocycles. The van der Waals surface area contributed by atoms with Crippen LogP contribution in [0.2, 0.25) is 0 Å². The minimum atomic E-state index is 0.264. The summed E-state index contributed by atoms with van der Waals surface area (Å²) in [5, 5.41) is 0. The van der Waals surface area contributed by atoms with E-state index in [1.807, 2.05) is 56.7 Å². The Morgan fingerprint density at radius 1 is 1.33 bits per heavy atom. The molecule has 0 saturated carbocycles. The maximum absolute atomic E-state index is 4.38. The quantitative estimate of drug-likeness (QED) is 0.474. The van der Waals surface area contributed by atoms with Crippen LogP contribution in [0, 0.1) is 0 Å². The molecule has 0 aliphatic rings. The smallest absolute Gasteiger partial charge is 0.0511 e. The number of allylic oxidation sites excluding steroid dienone is 6. The predicted molar refractivity (Wildman–Crippen MR) is 83.8 cm³/mol. The summed E-state index contributed by atoms with van der Waals surface area (Å²) < 4.78 is 0. The molecular weight excluding hydrogens is 220 g/mol. The van der Waals surface area contributed by atoms with Crippen molar-refractivity contribution in [2.45, 2.75) is 33.2 Å². The highest BCUT2D eigenvalue weighted by atomic mass is 14.7. The van der Waals surface area contributed by atoms with Crippen LogP contribution < -0.4 is 0 Å². The Kier molecular flexibility index (Phi) is 9.47. The van der Waals surface area contributed by atoms with Gasteiger partial charge in [-0.05, 0) is 38.8 Å². The van der Waals surface area contributed by atoms with Gasteiger partial charge in [-0.3, -0.25) is 9.98 Å². The normalized spacial score (nSPS) is 15.4. The van der Waals surface area contributed by atoms with Crippen molar-refractivity contribution in [3.63, 3.8) is 0 Å². The average molecular weight is 244 g/mol. The molecule has 0 radical (unpaired) electrons. The number of hydrogen-bond donors (Lipinski definition) is 0. The first-order chi connectivity index (χ1) is 8.60. The SMILES string of the molecule is C=C(/C=C/C=C(/C)C=NC)CC(C)N=C/C=C\C. The van der Waals surface area contributed by atoms with Gasteiger partial charge in [-0.2, -0.15) is 0 Å². The third-order valence-electron chi connectivity index (χ3n) is 2.20. The topological polar surface area (TPSA) is 24.7 Å². The van der Waals surface area contributed by atoms with E-state index in [0.29, 0.717) is 0 Å². The monoisotopic (exact) mass is 244 g/mol. The average Bonchev–Trinajstić information content (AvgIpc) is 2.29. The molecule has 0 fully saturated rings. The molecule has 2 heteroatoms. The first-order valence-corrected chi connectivity index (χ1v) is 6.19. The fourth-order valence-corrected chi connectivity index (χ4v) is 1.37. The summed E-state index contributed by atoms with van der Waals surface area (Å²) in [6.07, 6.45) is 14.5. The summed E-state index contributed by atoms with van der Waals surface area (Å²) in [5.74, 6) is 0. The van der Waals surface area contributed by atoms with Gasteiger partial charge < -0.3 is 0 Å². The van der Waals surface area contributed by atoms with Crippen LogP contribution in [0.3, 0.4) is 0 Å². The highest BCUT2D eigenvalue weighted by molar-refractivity contribution is 5.77. The Hall–Kier alpha value is -1.70. The zero-order chi connectivity index (χ0) is 13.8. The van der Waals surface area contributed by atoms with Gasteiger partial charge in [0.05, 0.1) is 6.04 Å². The van der Waals surface area contributed by atoms with Crippen LogP contribution in [-0.4, -0.2) is 25.5 Å². The second kappa shape index (κ2) is 10.5. The lowest BCUT2D eigenvalue weighted by Crippen LogP contribution is -1.98. The van der Waals surface area contributed by atoms with E-state index in [1.165, 1.54) is 0 Å². The van der Waals surface area contributed by atoms with Crippen molar-refractivity contribution < 1.29 is 0 Å². The van der Waals surface area contributed by atoms with Gasteiger partial charge in [0.1, 0.15) is 0 Å². The molecule has 1 atom stereocenters.